The highest BCUT2D eigenvalue weighted by atomic mass is 28.3. The van der Waals surface area contributed by atoms with E-state index in [0.29, 0.717) is 0 Å². The number of esters is 1. The Bertz CT molecular complexity index is 222. The van der Waals surface area contributed by atoms with Crippen molar-refractivity contribution in [2.24, 2.45) is 5.41 Å². The van der Waals surface area contributed by atoms with Crippen LogP contribution in [0.2, 0.25) is 25.2 Å². The molecule has 0 bridgehead atoms. The molecule has 0 aromatic heterocycles. The van der Waals surface area contributed by atoms with Gasteiger partial charge in [-0.1, -0.05) is 40.4 Å². The van der Waals surface area contributed by atoms with Crippen molar-refractivity contribution in [2.45, 2.75) is 52.1 Å². The average Bonchev–Trinajstić information content (AvgIpc) is 1.75. The maximum Gasteiger partial charge on any atom is 0.310 e. The van der Waals surface area contributed by atoms with Crippen LogP contribution in [0.1, 0.15) is 20.8 Å². The van der Waals surface area contributed by atoms with Gasteiger partial charge in [0, 0.05) is 0 Å². The molecule has 0 aliphatic carbocycles. The van der Waals surface area contributed by atoms with Crippen LogP contribution in [-0.2, 0) is 9.53 Å². The molecule has 0 N–H and O–H groups in total. The summed E-state index contributed by atoms with van der Waals surface area (Å²) in [5, 5.41) is 0. The van der Waals surface area contributed by atoms with E-state index in [1.807, 2.05) is 0 Å². The van der Waals surface area contributed by atoms with Crippen molar-refractivity contribution in [3.05, 3.63) is 0 Å². The van der Waals surface area contributed by atoms with E-state index in [0.717, 1.165) is 0 Å². The van der Waals surface area contributed by atoms with E-state index in [4.69, 9.17) is 4.74 Å². The van der Waals surface area contributed by atoms with E-state index in [1.165, 1.54) is 0 Å². The molecule has 0 spiro atoms. The summed E-state index contributed by atoms with van der Waals surface area (Å²) in [6.45, 7) is 13.1. The summed E-state index contributed by atoms with van der Waals surface area (Å²) in [5.41, 5.74) is 0.297. The number of carbonyl (C=O) groups excluding carboxylic acids is 1. The second-order valence-electron chi connectivity index (χ2n) is 6.07. The normalized spacial score (nSPS) is 29.5. The smallest absolute Gasteiger partial charge is 0.310 e. The lowest BCUT2D eigenvalue weighted by molar-refractivity contribution is -0.180. The fourth-order valence-corrected chi connectivity index (χ4v) is 4.05. The van der Waals surface area contributed by atoms with Crippen LogP contribution in [0, 0.1) is 5.41 Å². The van der Waals surface area contributed by atoms with Gasteiger partial charge in [0.25, 0.3) is 0 Å². The van der Waals surface area contributed by atoms with Crippen LogP contribution in [0.25, 0.3) is 0 Å². The molecule has 0 saturated carbocycles. The minimum Gasteiger partial charge on any atom is -0.461 e. The topological polar surface area (TPSA) is 26.3 Å². The molecule has 0 radical (unpaired) electrons. The van der Waals surface area contributed by atoms with Crippen molar-refractivity contribution < 1.29 is 9.53 Å². The monoisotopic (exact) mass is 200 g/mol. The summed E-state index contributed by atoms with van der Waals surface area (Å²) < 4.78 is 5.24. The molecule has 0 unspecified atom stereocenters. The summed E-state index contributed by atoms with van der Waals surface area (Å²) in [6.07, 6.45) is 0.145. The third kappa shape index (κ3) is 1.95. The minimum atomic E-state index is -1.38. The molecule has 1 rings (SSSR count). The molecule has 13 heavy (non-hydrogen) atoms. The zero-order valence-electron chi connectivity index (χ0n) is 9.47. The number of carbonyl (C=O) groups is 1. The van der Waals surface area contributed by atoms with Gasteiger partial charge in [-0.15, -0.1) is 0 Å². The summed E-state index contributed by atoms with van der Waals surface area (Å²) in [6, 6.07) is 0. The van der Waals surface area contributed by atoms with Gasteiger partial charge in [-0.2, -0.15) is 0 Å². The van der Waals surface area contributed by atoms with Gasteiger partial charge in [0.1, 0.15) is 6.10 Å². The van der Waals surface area contributed by atoms with E-state index in [9.17, 15) is 4.79 Å². The van der Waals surface area contributed by atoms with E-state index in [1.54, 1.807) is 0 Å². The first-order valence-corrected chi connectivity index (χ1v) is 8.42. The van der Waals surface area contributed by atoms with E-state index >= 15 is 0 Å². The van der Waals surface area contributed by atoms with Gasteiger partial charge < -0.3 is 4.74 Å². The lowest BCUT2D eigenvalue weighted by atomic mass is 9.84. The molecule has 0 aromatic rings. The second kappa shape index (κ2) is 2.84. The van der Waals surface area contributed by atoms with Crippen molar-refractivity contribution in [3.63, 3.8) is 0 Å². The first-order valence-electron chi connectivity index (χ1n) is 4.84. The highest BCUT2D eigenvalue weighted by molar-refractivity contribution is 6.81. The van der Waals surface area contributed by atoms with Gasteiger partial charge in [0.05, 0.1) is 13.6 Å². The molecule has 76 valence electrons. The van der Waals surface area contributed by atoms with Crippen molar-refractivity contribution in [2.75, 3.05) is 0 Å². The SMILES string of the molecule is CC(C)(C)[C@H]1OC(=O)[C@@H]1[Si](C)(C)C. The van der Waals surface area contributed by atoms with Gasteiger partial charge in [-0.3, -0.25) is 4.79 Å². The molecule has 0 amide bonds. The Morgan fingerprint density at radius 1 is 1.23 bits per heavy atom. The van der Waals surface area contributed by atoms with Gasteiger partial charge in [0.2, 0.25) is 0 Å². The van der Waals surface area contributed by atoms with Gasteiger partial charge in [-0.05, 0) is 5.41 Å². The van der Waals surface area contributed by atoms with Crippen molar-refractivity contribution >= 4 is 14.0 Å². The first-order chi connectivity index (χ1) is 5.64. The molecule has 0 aromatic carbocycles. The predicted molar refractivity (Wildman–Crippen MR) is 56.4 cm³/mol. The van der Waals surface area contributed by atoms with Gasteiger partial charge >= 0.3 is 5.97 Å². The van der Waals surface area contributed by atoms with Crippen LogP contribution in [0.5, 0.6) is 0 Å². The zero-order chi connectivity index (χ0) is 10.4. The zero-order valence-corrected chi connectivity index (χ0v) is 10.5. The number of ether oxygens (including phenoxy) is 1. The van der Waals surface area contributed by atoms with Crippen LogP contribution < -0.4 is 0 Å². The highest BCUT2D eigenvalue weighted by Gasteiger charge is 2.54. The Labute approximate surface area is 81.7 Å². The van der Waals surface area contributed by atoms with Crippen molar-refractivity contribution in [3.8, 4) is 0 Å². The molecule has 3 heteroatoms. The predicted octanol–water partition coefficient (Wildman–Crippen LogP) is 2.67. The lowest BCUT2D eigenvalue weighted by Crippen LogP contribution is -2.57. The van der Waals surface area contributed by atoms with Crippen molar-refractivity contribution in [1.82, 2.24) is 0 Å². The van der Waals surface area contributed by atoms with Crippen LogP contribution >= 0.6 is 0 Å². The van der Waals surface area contributed by atoms with E-state index < -0.39 is 8.07 Å². The summed E-state index contributed by atoms with van der Waals surface area (Å²) in [7, 11) is -1.38. The van der Waals surface area contributed by atoms with E-state index in [-0.39, 0.29) is 23.0 Å². The molecule has 1 aliphatic heterocycles. The maximum atomic E-state index is 11.3. The average molecular weight is 200 g/mol. The summed E-state index contributed by atoms with van der Waals surface area (Å²) >= 11 is 0. The standard InChI is InChI=1S/C10H20O2Si/c1-10(2,3)8-7(9(11)12-8)13(4,5)6/h7-8H,1-6H3/t7-,8+/m1/s1. The Balaban J connectivity index is 2.79. The number of cyclic esters (lactones) is 1. The second-order valence-corrected chi connectivity index (χ2v) is 11.4. The highest BCUT2D eigenvalue weighted by Crippen LogP contribution is 2.45. The van der Waals surface area contributed by atoms with Crippen LogP contribution in [0.15, 0.2) is 0 Å². The molecule has 2 nitrogen and oxygen atoms in total. The van der Waals surface area contributed by atoms with Crippen molar-refractivity contribution in [1.29, 1.82) is 0 Å². The van der Waals surface area contributed by atoms with Gasteiger partial charge in [0.15, 0.2) is 0 Å². The molecule has 1 heterocycles. The number of rotatable bonds is 1. The molecule has 1 saturated heterocycles. The fraction of sp³-hybridized carbons (Fsp3) is 0.900. The van der Waals surface area contributed by atoms with Crippen LogP contribution in [0.3, 0.4) is 0 Å². The molecular formula is C10H20O2Si. The minimum absolute atomic E-state index is 0.0269. The van der Waals surface area contributed by atoms with Crippen LogP contribution in [0.4, 0.5) is 0 Å². The Hall–Kier alpha value is -0.313. The maximum absolute atomic E-state index is 11.3. The Morgan fingerprint density at radius 2 is 1.69 bits per heavy atom. The quantitative estimate of drug-likeness (QED) is 0.480. The Morgan fingerprint density at radius 3 is 1.85 bits per heavy atom. The number of hydrogen-bond acceptors (Lipinski definition) is 2. The first kappa shape index (κ1) is 10.8. The van der Waals surface area contributed by atoms with E-state index in [2.05, 4.69) is 40.4 Å². The Kier molecular flexibility index (Phi) is 2.35. The third-order valence-corrected chi connectivity index (χ3v) is 4.99. The van der Waals surface area contributed by atoms with Gasteiger partial charge in [-0.25, -0.2) is 0 Å². The summed E-state index contributed by atoms with van der Waals surface area (Å²) in [4.78, 5) is 11.3. The molecule has 1 fully saturated rings. The fourth-order valence-electron chi connectivity index (χ4n) is 1.80. The largest absolute Gasteiger partial charge is 0.461 e. The molecule has 1 aliphatic rings. The lowest BCUT2D eigenvalue weighted by Gasteiger charge is -2.48. The third-order valence-electron chi connectivity index (χ3n) is 2.59. The molecular weight excluding hydrogens is 180 g/mol. The van der Waals surface area contributed by atoms with Crippen LogP contribution in [-0.4, -0.2) is 20.1 Å². The molecule has 2 atom stereocenters. The number of hydrogen-bond donors (Lipinski definition) is 0. The summed E-state index contributed by atoms with van der Waals surface area (Å²) in [5.74, 6) is 0.0269.